The predicted molar refractivity (Wildman–Crippen MR) is 124 cm³/mol. The summed E-state index contributed by atoms with van der Waals surface area (Å²) in [5.74, 6) is -0.0765. The van der Waals surface area contributed by atoms with E-state index in [-0.39, 0.29) is 23.0 Å². The number of alkyl halides is 5. The van der Waals surface area contributed by atoms with Crippen molar-refractivity contribution in [2.24, 2.45) is 0 Å². The van der Waals surface area contributed by atoms with Crippen molar-refractivity contribution >= 4 is 20.9 Å². The van der Waals surface area contributed by atoms with Gasteiger partial charge >= 0.3 is 12.8 Å². The van der Waals surface area contributed by atoms with Gasteiger partial charge in [0.1, 0.15) is 22.8 Å². The molecule has 1 fully saturated rings. The molecule has 1 atom stereocenters. The van der Waals surface area contributed by atoms with Crippen molar-refractivity contribution in [3.8, 4) is 23.2 Å². The smallest absolute Gasteiger partial charge is 0.404 e. The number of hydrogen-bond donors (Lipinski definition) is 1. The van der Waals surface area contributed by atoms with Gasteiger partial charge in [0.05, 0.1) is 22.5 Å². The molecule has 2 aromatic heterocycles. The van der Waals surface area contributed by atoms with Gasteiger partial charge in [0.25, 0.3) is 0 Å². The van der Waals surface area contributed by atoms with Gasteiger partial charge in [-0.15, -0.1) is 0 Å². The van der Waals surface area contributed by atoms with Crippen LogP contribution >= 0.6 is 0 Å². The molecule has 4 rings (SSSR count). The Hall–Kier alpha value is -3.24. The molecule has 0 spiro atoms. The van der Waals surface area contributed by atoms with Gasteiger partial charge < -0.3 is 9.30 Å². The quantitative estimate of drug-likeness (QED) is 0.375. The molecule has 7 nitrogen and oxygen atoms in total. The lowest BCUT2D eigenvalue weighted by Gasteiger charge is -2.26. The van der Waals surface area contributed by atoms with Gasteiger partial charge in [-0.2, -0.15) is 31.9 Å². The van der Waals surface area contributed by atoms with E-state index in [1.807, 2.05) is 4.57 Å². The molecule has 198 valence electrons. The Balaban J connectivity index is 1.83. The molecule has 0 radical (unpaired) electrons. The van der Waals surface area contributed by atoms with Gasteiger partial charge in [-0.25, -0.2) is 8.42 Å². The van der Waals surface area contributed by atoms with Crippen molar-refractivity contribution in [2.45, 2.75) is 68.8 Å². The third-order valence-electron chi connectivity index (χ3n) is 6.36. The van der Waals surface area contributed by atoms with Crippen molar-refractivity contribution in [1.82, 2.24) is 14.3 Å². The van der Waals surface area contributed by atoms with E-state index in [1.165, 1.54) is 24.3 Å². The summed E-state index contributed by atoms with van der Waals surface area (Å²) in [6.07, 6.45) is 0.579. The number of pyridine rings is 1. The molecular formula is C24H23F5N4O3S. The Morgan fingerprint density at radius 3 is 2.43 bits per heavy atom. The zero-order valence-electron chi connectivity index (χ0n) is 19.6. The largest absolute Gasteiger partial charge is 0.435 e. The number of nitrogens with zero attached hydrogens (tertiary/aromatic N) is 3. The topological polar surface area (TPSA) is 97.0 Å². The normalized spacial score (nSPS) is 16.2. The molecule has 13 heteroatoms. The SMILES string of the molecule is C[C@H](NS(=O)(=O)c1ccc(-c2c(C#N)c3ccc(OC(F)F)cc3n2C2CCCCC2)nc1)C(F)(F)F. The molecule has 0 aliphatic heterocycles. The fourth-order valence-electron chi connectivity index (χ4n) is 4.60. The van der Waals surface area contributed by atoms with E-state index in [0.717, 1.165) is 44.4 Å². The molecule has 0 saturated heterocycles. The first-order valence-electron chi connectivity index (χ1n) is 11.5. The number of ether oxygens (including phenoxy) is 1. The van der Waals surface area contributed by atoms with Crippen LogP contribution in [0.15, 0.2) is 41.4 Å². The van der Waals surface area contributed by atoms with E-state index in [0.29, 0.717) is 23.5 Å². The van der Waals surface area contributed by atoms with Crippen LogP contribution in [-0.2, 0) is 10.0 Å². The van der Waals surface area contributed by atoms with Crippen LogP contribution in [0.5, 0.6) is 5.75 Å². The molecular weight excluding hydrogens is 519 g/mol. The molecule has 1 aliphatic carbocycles. The Bertz CT molecular complexity index is 1420. The lowest BCUT2D eigenvalue weighted by molar-refractivity contribution is -0.147. The monoisotopic (exact) mass is 542 g/mol. The standard InChI is InChI=1S/C24H23F5N4O3S/c1-14(24(27,28)29)32-37(34,35)17-8-10-20(31-13-17)22-19(12-30)18-9-7-16(36-23(25)26)11-21(18)33(22)15-5-3-2-4-6-15/h7-11,13-15,23,32H,2-6H2,1H3/t14-/m0/s1. The van der Waals surface area contributed by atoms with Gasteiger partial charge in [0.15, 0.2) is 0 Å². The van der Waals surface area contributed by atoms with Gasteiger partial charge in [-0.1, -0.05) is 19.3 Å². The third-order valence-corrected chi connectivity index (χ3v) is 7.89. The second-order valence-electron chi connectivity index (χ2n) is 8.82. The summed E-state index contributed by atoms with van der Waals surface area (Å²) >= 11 is 0. The summed E-state index contributed by atoms with van der Waals surface area (Å²) in [6, 6.07) is 6.47. The number of nitriles is 1. The minimum absolute atomic E-state index is 0.0744. The van der Waals surface area contributed by atoms with Crippen molar-refractivity contribution < 1.29 is 35.1 Å². The molecule has 2 heterocycles. The predicted octanol–water partition coefficient (Wildman–Crippen LogP) is 5.91. The molecule has 37 heavy (non-hydrogen) atoms. The van der Waals surface area contributed by atoms with E-state index in [9.17, 15) is 35.6 Å². The molecule has 0 unspecified atom stereocenters. The minimum atomic E-state index is -4.77. The minimum Gasteiger partial charge on any atom is -0.435 e. The molecule has 3 aromatic rings. The first kappa shape index (κ1) is 26.8. The number of rotatable bonds is 7. The Labute approximate surface area is 209 Å². The van der Waals surface area contributed by atoms with Crippen LogP contribution < -0.4 is 9.46 Å². The molecule has 0 bridgehead atoms. The van der Waals surface area contributed by atoms with Crippen molar-refractivity contribution in [3.05, 3.63) is 42.1 Å². The number of aromatic nitrogens is 2. The number of nitrogens with one attached hydrogen (secondary N) is 1. The van der Waals surface area contributed by atoms with Crippen LogP contribution in [-0.4, -0.2) is 36.8 Å². The molecule has 1 aromatic carbocycles. The molecule has 1 aliphatic rings. The Morgan fingerprint density at radius 1 is 1.16 bits per heavy atom. The van der Waals surface area contributed by atoms with Crippen LogP contribution in [0.1, 0.15) is 50.6 Å². The van der Waals surface area contributed by atoms with E-state index in [4.69, 9.17) is 0 Å². The first-order chi connectivity index (χ1) is 17.4. The number of sulfonamides is 1. The summed E-state index contributed by atoms with van der Waals surface area (Å²) in [6.45, 7) is -2.34. The third kappa shape index (κ3) is 5.55. The highest BCUT2D eigenvalue weighted by molar-refractivity contribution is 7.89. The van der Waals surface area contributed by atoms with Crippen LogP contribution in [0, 0.1) is 11.3 Å². The maximum absolute atomic E-state index is 12.9. The summed E-state index contributed by atoms with van der Waals surface area (Å²) in [4.78, 5) is 3.72. The van der Waals surface area contributed by atoms with Crippen LogP contribution in [0.25, 0.3) is 22.3 Å². The van der Waals surface area contributed by atoms with Gasteiger partial charge in [0.2, 0.25) is 10.0 Å². The lowest BCUT2D eigenvalue weighted by atomic mass is 9.95. The first-order valence-corrected chi connectivity index (χ1v) is 13.0. The highest BCUT2D eigenvalue weighted by Gasteiger charge is 2.39. The lowest BCUT2D eigenvalue weighted by Crippen LogP contribution is -2.42. The van der Waals surface area contributed by atoms with E-state index in [2.05, 4.69) is 15.8 Å². The molecule has 1 N–H and O–H groups in total. The summed E-state index contributed by atoms with van der Waals surface area (Å²) in [5, 5.41) is 10.5. The second kappa shape index (κ2) is 10.3. The van der Waals surface area contributed by atoms with Gasteiger partial charge in [0, 0.05) is 23.7 Å². The second-order valence-corrected chi connectivity index (χ2v) is 10.5. The van der Waals surface area contributed by atoms with Crippen molar-refractivity contribution in [3.63, 3.8) is 0 Å². The van der Waals surface area contributed by atoms with Crippen molar-refractivity contribution in [1.29, 1.82) is 5.26 Å². The summed E-state index contributed by atoms with van der Waals surface area (Å²) in [7, 11) is -4.52. The Kier molecular flexibility index (Phi) is 7.43. The van der Waals surface area contributed by atoms with Crippen LogP contribution in [0.4, 0.5) is 22.0 Å². The summed E-state index contributed by atoms with van der Waals surface area (Å²) in [5.41, 5.74) is 1.31. The van der Waals surface area contributed by atoms with E-state index in [1.54, 1.807) is 4.72 Å². The highest BCUT2D eigenvalue weighted by Crippen LogP contribution is 2.41. The molecule has 1 saturated carbocycles. The average molecular weight is 543 g/mol. The number of benzene rings is 1. The van der Waals surface area contributed by atoms with Crippen LogP contribution in [0.3, 0.4) is 0 Å². The maximum atomic E-state index is 12.9. The zero-order chi connectivity index (χ0) is 27.0. The molecule has 0 amide bonds. The Morgan fingerprint density at radius 2 is 1.86 bits per heavy atom. The van der Waals surface area contributed by atoms with E-state index < -0.39 is 33.7 Å². The fourth-order valence-corrected chi connectivity index (χ4v) is 5.77. The number of halogens is 5. The van der Waals surface area contributed by atoms with Gasteiger partial charge in [-0.3, -0.25) is 4.98 Å². The summed E-state index contributed by atoms with van der Waals surface area (Å²) < 4.78 is 97.2. The highest BCUT2D eigenvalue weighted by atomic mass is 32.2. The maximum Gasteiger partial charge on any atom is 0.404 e. The number of fused-ring (bicyclic) bond motifs is 1. The van der Waals surface area contributed by atoms with E-state index >= 15 is 0 Å². The van der Waals surface area contributed by atoms with Crippen LogP contribution in [0.2, 0.25) is 0 Å². The average Bonchev–Trinajstić information content (AvgIpc) is 3.17. The fraction of sp³-hybridized carbons (Fsp3) is 0.417. The van der Waals surface area contributed by atoms with Crippen molar-refractivity contribution in [2.75, 3.05) is 0 Å². The zero-order valence-corrected chi connectivity index (χ0v) is 20.4. The van der Waals surface area contributed by atoms with Gasteiger partial charge in [-0.05, 0) is 44.0 Å². The number of hydrogen-bond acceptors (Lipinski definition) is 5.